The van der Waals surface area contributed by atoms with Gasteiger partial charge in [0.05, 0.1) is 11.7 Å². The highest BCUT2D eigenvalue weighted by Gasteiger charge is 2.50. The summed E-state index contributed by atoms with van der Waals surface area (Å²) in [5.74, 6) is 0.0892. The molecule has 2 N–H and O–H groups in total. The van der Waals surface area contributed by atoms with E-state index in [1.54, 1.807) is 19.1 Å². The van der Waals surface area contributed by atoms with Gasteiger partial charge in [0.15, 0.2) is 0 Å². The van der Waals surface area contributed by atoms with Gasteiger partial charge in [-0.05, 0) is 12.8 Å². The number of carbonyl (C=O) groups excluding carboxylic acids is 1. The number of carbonyl (C=O) groups is 1. The third-order valence-corrected chi connectivity index (χ3v) is 3.64. The van der Waals surface area contributed by atoms with Gasteiger partial charge in [0.1, 0.15) is 5.78 Å². The molecule has 1 saturated carbocycles. The minimum atomic E-state index is -1.02. The molecule has 3 heteroatoms. The molecule has 1 aliphatic carbocycles. The molecule has 0 amide bonds. The van der Waals surface area contributed by atoms with Gasteiger partial charge < -0.3 is 10.2 Å². The lowest BCUT2D eigenvalue weighted by Gasteiger charge is -2.48. The van der Waals surface area contributed by atoms with Crippen LogP contribution < -0.4 is 0 Å². The highest BCUT2D eigenvalue weighted by atomic mass is 16.3. The first-order valence-corrected chi connectivity index (χ1v) is 5.80. The number of rotatable bonds is 2. The number of Topliss-reactive ketones (excluding diaryl/α,β-unsaturated/α-hetero) is 1. The maximum absolute atomic E-state index is 11.5. The molecule has 1 fully saturated rings. The van der Waals surface area contributed by atoms with Gasteiger partial charge >= 0.3 is 0 Å². The zero-order chi connectivity index (χ0) is 12.6. The summed E-state index contributed by atoms with van der Waals surface area (Å²) in [6.07, 6.45) is 3.47. The van der Waals surface area contributed by atoms with Crippen molar-refractivity contribution < 1.29 is 15.0 Å². The van der Waals surface area contributed by atoms with Gasteiger partial charge in [-0.3, -0.25) is 4.79 Å². The molecular formula is C13H22O3. The number of hydrogen-bond donors (Lipinski definition) is 2. The van der Waals surface area contributed by atoms with Crippen molar-refractivity contribution in [2.24, 2.45) is 11.3 Å². The molecule has 0 saturated heterocycles. The molecule has 0 unspecified atom stereocenters. The van der Waals surface area contributed by atoms with Crippen LogP contribution in [0.15, 0.2) is 12.2 Å². The Morgan fingerprint density at radius 3 is 2.50 bits per heavy atom. The highest BCUT2D eigenvalue weighted by molar-refractivity contribution is 5.81. The standard InChI is InChI=1S/C13H22O3/c1-9-7-11(15)8-12(3,4)13(9,16)6-5-10(2)14/h5-6,9-10,14,16H,7-8H2,1-4H3/t9-,10-,13-/m1/s1. The van der Waals surface area contributed by atoms with Gasteiger partial charge in [-0.25, -0.2) is 0 Å². The highest BCUT2D eigenvalue weighted by Crippen LogP contribution is 2.46. The monoisotopic (exact) mass is 226 g/mol. The first-order valence-electron chi connectivity index (χ1n) is 5.80. The Kier molecular flexibility index (Phi) is 3.60. The largest absolute Gasteiger partial charge is 0.389 e. The van der Waals surface area contributed by atoms with Crippen molar-refractivity contribution in [3.63, 3.8) is 0 Å². The second kappa shape index (κ2) is 4.30. The van der Waals surface area contributed by atoms with E-state index >= 15 is 0 Å². The second-order valence-electron chi connectivity index (χ2n) is 5.63. The summed E-state index contributed by atoms with van der Waals surface area (Å²) in [4.78, 5) is 11.5. The van der Waals surface area contributed by atoms with Crippen molar-refractivity contribution in [3.8, 4) is 0 Å². The Hall–Kier alpha value is -0.670. The number of aliphatic hydroxyl groups is 2. The summed E-state index contributed by atoms with van der Waals surface area (Å²) >= 11 is 0. The van der Waals surface area contributed by atoms with Gasteiger partial charge in [-0.2, -0.15) is 0 Å². The third-order valence-electron chi connectivity index (χ3n) is 3.64. The van der Waals surface area contributed by atoms with Gasteiger partial charge in [0.25, 0.3) is 0 Å². The van der Waals surface area contributed by atoms with Crippen molar-refractivity contribution in [3.05, 3.63) is 12.2 Å². The normalized spacial score (nSPS) is 36.6. The van der Waals surface area contributed by atoms with Crippen molar-refractivity contribution in [1.82, 2.24) is 0 Å². The molecule has 92 valence electrons. The summed E-state index contributed by atoms with van der Waals surface area (Å²) in [6, 6.07) is 0. The molecule has 0 radical (unpaired) electrons. The molecule has 0 aromatic carbocycles. The van der Waals surface area contributed by atoms with E-state index in [2.05, 4.69) is 0 Å². The van der Waals surface area contributed by atoms with E-state index in [1.165, 1.54) is 0 Å². The summed E-state index contributed by atoms with van der Waals surface area (Å²) in [6.45, 7) is 7.32. The topological polar surface area (TPSA) is 57.5 Å². The zero-order valence-electron chi connectivity index (χ0n) is 10.5. The average molecular weight is 226 g/mol. The minimum absolute atomic E-state index is 0.112. The van der Waals surface area contributed by atoms with Gasteiger partial charge in [0, 0.05) is 18.3 Å². The van der Waals surface area contributed by atoms with Crippen LogP contribution in [0.25, 0.3) is 0 Å². The van der Waals surface area contributed by atoms with E-state index < -0.39 is 17.1 Å². The predicted molar refractivity (Wildman–Crippen MR) is 63.0 cm³/mol. The smallest absolute Gasteiger partial charge is 0.133 e. The zero-order valence-corrected chi connectivity index (χ0v) is 10.5. The van der Waals surface area contributed by atoms with Crippen LogP contribution in [0, 0.1) is 11.3 Å². The van der Waals surface area contributed by atoms with E-state index in [0.717, 1.165) is 0 Å². The molecule has 0 aliphatic heterocycles. The molecule has 1 rings (SSSR count). The number of aliphatic hydroxyl groups excluding tert-OH is 1. The van der Waals surface area contributed by atoms with E-state index in [0.29, 0.717) is 12.8 Å². The van der Waals surface area contributed by atoms with Crippen LogP contribution in [0.4, 0.5) is 0 Å². The minimum Gasteiger partial charge on any atom is -0.389 e. The Bertz CT molecular complexity index is 304. The maximum Gasteiger partial charge on any atom is 0.133 e. The molecule has 0 heterocycles. The Labute approximate surface area is 97.2 Å². The molecule has 16 heavy (non-hydrogen) atoms. The fourth-order valence-electron chi connectivity index (χ4n) is 2.55. The second-order valence-corrected chi connectivity index (χ2v) is 5.63. The quantitative estimate of drug-likeness (QED) is 0.704. The molecule has 0 bridgehead atoms. The molecule has 3 nitrogen and oxygen atoms in total. The van der Waals surface area contributed by atoms with E-state index in [-0.39, 0.29) is 11.7 Å². The molecule has 0 spiro atoms. The number of hydrogen-bond acceptors (Lipinski definition) is 3. The van der Waals surface area contributed by atoms with Crippen LogP contribution in [-0.2, 0) is 4.79 Å². The first-order chi connectivity index (χ1) is 7.19. The Morgan fingerprint density at radius 1 is 1.50 bits per heavy atom. The fourth-order valence-corrected chi connectivity index (χ4v) is 2.55. The van der Waals surface area contributed by atoms with Crippen molar-refractivity contribution >= 4 is 5.78 Å². The predicted octanol–water partition coefficient (Wildman–Crippen LogP) is 1.68. The first kappa shape index (κ1) is 13.4. The number of ketones is 1. The van der Waals surface area contributed by atoms with E-state index in [4.69, 9.17) is 0 Å². The van der Waals surface area contributed by atoms with Crippen LogP contribution in [0.1, 0.15) is 40.5 Å². The SMILES string of the molecule is C[C@@H]1CC(=O)CC(C)(C)[C@@]1(O)C=C[C@@H](C)O. The van der Waals surface area contributed by atoms with Crippen molar-refractivity contribution in [2.45, 2.75) is 52.2 Å². The summed E-state index contributed by atoms with van der Waals surface area (Å²) < 4.78 is 0. The van der Waals surface area contributed by atoms with E-state index in [1.807, 2.05) is 20.8 Å². The lowest BCUT2D eigenvalue weighted by Crippen LogP contribution is -2.53. The lowest BCUT2D eigenvalue weighted by molar-refractivity contribution is -0.142. The van der Waals surface area contributed by atoms with Crippen LogP contribution in [0.3, 0.4) is 0 Å². The summed E-state index contributed by atoms with van der Waals surface area (Å²) in [5, 5.41) is 19.9. The summed E-state index contributed by atoms with van der Waals surface area (Å²) in [5.41, 5.74) is -1.50. The van der Waals surface area contributed by atoms with Crippen molar-refractivity contribution in [2.75, 3.05) is 0 Å². The van der Waals surface area contributed by atoms with Gasteiger partial charge in [0.2, 0.25) is 0 Å². The van der Waals surface area contributed by atoms with Crippen LogP contribution in [0.2, 0.25) is 0 Å². The van der Waals surface area contributed by atoms with Gasteiger partial charge in [-0.15, -0.1) is 0 Å². The molecule has 0 aromatic rings. The van der Waals surface area contributed by atoms with Crippen LogP contribution in [-0.4, -0.2) is 27.7 Å². The lowest BCUT2D eigenvalue weighted by atomic mass is 9.60. The Balaban J connectivity index is 3.02. The molecule has 3 atom stereocenters. The molecule has 1 aliphatic rings. The van der Waals surface area contributed by atoms with Crippen molar-refractivity contribution in [1.29, 1.82) is 0 Å². The molecule has 0 aromatic heterocycles. The Morgan fingerprint density at radius 2 is 2.06 bits per heavy atom. The van der Waals surface area contributed by atoms with Crippen LogP contribution >= 0.6 is 0 Å². The maximum atomic E-state index is 11.5. The third kappa shape index (κ3) is 2.36. The van der Waals surface area contributed by atoms with E-state index in [9.17, 15) is 15.0 Å². The summed E-state index contributed by atoms with van der Waals surface area (Å²) in [7, 11) is 0. The fraction of sp³-hybridized carbons (Fsp3) is 0.769. The van der Waals surface area contributed by atoms with Crippen LogP contribution in [0.5, 0.6) is 0 Å². The molecular weight excluding hydrogens is 204 g/mol. The van der Waals surface area contributed by atoms with Gasteiger partial charge in [-0.1, -0.05) is 32.9 Å². The average Bonchev–Trinajstić information content (AvgIpc) is 2.10.